The Hall–Kier alpha value is -2.49. The van der Waals surface area contributed by atoms with Gasteiger partial charge in [-0.2, -0.15) is 0 Å². The fourth-order valence-corrected chi connectivity index (χ4v) is 4.56. The van der Waals surface area contributed by atoms with Gasteiger partial charge in [-0.15, -0.1) is 0 Å². The van der Waals surface area contributed by atoms with Gasteiger partial charge in [0.1, 0.15) is 0 Å². The van der Waals surface area contributed by atoms with Crippen molar-refractivity contribution in [3.05, 3.63) is 17.7 Å². The molecule has 156 valence electrons. The van der Waals surface area contributed by atoms with Gasteiger partial charge in [0.05, 0.1) is 37.2 Å². The average Bonchev–Trinajstić information content (AvgIpc) is 3.02. The Bertz CT molecular complexity index is 796. The van der Waals surface area contributed by atoms with E-state index in [9.17, 15) is 18.0 Å². The van der Waals surface area contributed by atoms with E-state index < -0.39 is 27.6 Å². The molecule has 1 saturated heterocycles. The minimum Gasteiger partial charge on any atom is -0.490 e. The summed E-state index contributed by atoms with van der Waals surface area (Å²) in [6.45, 7) is 6.56. The van der Waals surface area contributed by atoms with Gasteiger partial charge in [-0.3, -0.25) is 20.4 Å². The number of ether oxygens (including phenoxy) is 3. The highest BCUT2D eigenvalue weighted by Crippen LogP contribution is 2.39. The maximum atomic E-state index is 12.5. The fourth-order valence-electron chi connectivity index (χ4n) is 2.81. The third kappa shape index (κ3) is 5.51. The number of hydrogen-bond donors (Lipinski definition) is 2. The first-order chi connectivity index (χ1) is 13.3. The number of carbonyl (C=O) groups excluding carboxylic acids is 2. The lowest BCUT2D eigenvalue weighted by Gasteiger charge is -2.17. The van der Waals surface area contributed by atoms with Crippen molar-refractivity contribution in [1.29, 1.82) is 0 Å². The van der Waals surface area contributed by atoms with Crippen LogP contribution in [0.4, 0.5) is 0 Å². The Labute approximate surface area is 164 Å². The van der Waals surface area contributed by atoms with Crippen LogP contribution < -0.4 is 25.1 Å². The second-order valence-corrected chi connectivity index (χ2v) is 8.37. The van der Waals surface area contributed by atoms with Crippen LogP contribution in [-0.2, 0) is 14.6 Å². The Morgan fingerprint density at radius 3 is 2.04 bits per heavy atom. The van der Waals surface area contributed by atoms with Crippen LogP contribution in [0.25, 0.3) is 0 Å². The third-order valence-electron chi connectivity index (χ3n) is 4.07. The summed E-state index contributed by atoms with van der Waals surface area (Å²) in [6.07, 6.45) is 0.246. The molecule has 0 bridgehead atoms. The largest absolute Gasteiger partial charge is 0.490 e. The zero-order valence-electron chi connectivity index (χ0n) is 16.2. The predicted molar refractivity (Wildman–Crippen MR) is 102 cm³/mol. The molecule has 2 rings (SSSR count). The van der Waals surface area contributed by atoms with Gasteiger partial charge in [-0.1, -0.05) is 0 Å². The second-order valence-electron chi connectivity index (χ2n) is 6.14. The number of nitrogens with one attached hydrogen (secondary N) is 2. The molecule has 2 N–H and O–H groups in total. The molecule has 0 aromatic heterocycles. The van der Waals surface area contributed by atoms with Crippen molar-refractivity contribution in [2.24, 2.45) is 5.92 Å². The summed E-state index contributed by atoms with van der Waals surface area (Å²) in [5.74, 6) is -0.892. The van der Waals surface area contributed by atoms with Crippen molar-refractivity contribution in [3.8, 4) is 17.2 Å². The summed E-state index contributed by atoms with van der Waals surface area (Å²) in [5.41, 5.74) is 4.80. The molecule has 0 saturated carbocycles. The van der Waals surface area contributed by atoms with Gasteiger partial charge < -0.3 is 14.2 Å². The van der Waals surface area contributed by atoms with E-state index in [1.54, 1.807) is 13.8 Å². The smallest absolute Gasteiger partial charge is 0.269 e. The molecule has 10 heteroatoms. The quantitative estimate of drug-likeness (QED) is 0.611. The highest BCUT2D eigenvalue weighted by molar-refractivity contribution is 7.91. The fraction of sp³-hybridized carbons (Fsp3) is 0.556. The summed E-state index contributed by atoms with van der Waals surface area (Å²) >= 11 is 0. The minimum absolute atomic E-state index is 0.0205. The van der Waals surface area contributed by atoms with Crippen LogP contribution in [0.3, 0.4) is 0 Å². The van der Waals surface area contributed by atoms with E-state index in [4.69, 9.17) is 14.2 Å². The van der Waals surface area contributed by atoms with Gasteiger partial charge in [-0.25, -0.2) is 8.42 Å². The van der Waals surface area contributed by atoms with Crippen molar-refractivity contribution in [1.82, 2.24) is 10.9 Å². The van der Waals surface area contributed by atoms with Gasteiger partial charge >= 0.3 is 0 Å². The van der Waals surface area contributed by atoms with Gasteiger partial charge in [0.25, 0.3) is 5.91 Å². The van der Waals surface area contributed by atoms with Crippen molar-refractivity contribution < 1.29 is 32.2 Å². The number of rotatable bonds is 8. The van der Waals surface area contributed by atoms with Gasteiger partial charge in [-0.05, 0) is 39.3 Å². The lowest BCUT2D eigenvalue weighted by atomic mass is 10.1. The zero-order chi connectivity index (χ0) is 20.7. The van der Waals surface area contributed by atoms with E-state index in [-0.39, 0.29) is 23.5 Å². The van der Waals surface area contributed by atoms with Crippen molar-refractivity contribution in [2.45, 2.75) is 27.2 Å². The summed E-state index contributed by atoms with van der Waals surface area (Å²) in [4.78, 5) is 24.6. The first-order valence-electron chi connectivity index (χ1n) is 9.18. The molecule has 1 aromatic carbocycles. The molecule has 2 amide bonds. The maximum Gasteiger partial charge on any atom is 0.269 e. The average molecular weight is 414 g/mol. The molecule has 1 fully saturated rings. The maximum absolute atomic E-state index is 12.5. The van der Waals surface area contributed by atoms with Crippen LogP contribution in [0.5, 0.6) is 17.2 Å². The topological polar surface area (TPSA) is 120 Å². The van der Waals surface area contributed by atoms with Crippen LogP contribution in [0.2, 0.25) is 0 Å². The Kier molecular flexibility index (Phi) is 7.50. The first-order valence-corrected chi connectivity index (χ1v) is 11.0. The predicted octanol–water partition coefficient (Wildman–Crippen LogP) is 1.08. The monoisotopic (exact) mass is 414 g/mol. The van der Waals surface area contributed by atoms with Crippen LogP contribution >= 0.6 is 0 Å². The van der Waals surface area contributed by atoms with Crippen LogP contribution in [0.1, 0.15) is 37.6 Å². The number of carbonyl (C=O) groups is 2. The molecule has 0 aliphatic carbocycles. The zero-order valence-corrected chi connectivity index (χ0v) is 17.1. The molecule has 0 radical (unpaired) electrons. The van der Waals surface area contributed by atoms with Crippen molar-refractivity contribution in [3.63, 3.8) is 0 Å². The van der Waals surface area contributed by atoms with E-state index in [1.807, 2.05) is 6.92 Å². The molecular formula is C18H26N2O7S. The lowest BCUT2D eigenvalue weighted by Crippen LogP contribution is -2.44. The number of hydrazine groups is 1. The van der Waals surface area contributed by atoms with E-state index >= 15 is 0 Å². The number of hydrogen-bond acceptors (Lipinski definition) is 7. The minimum atomic E-state index is -3.19. The number of benzene rings is 1. The molecule has 0 spiro atoms. The summed E-state index contributed by atoms with van der Waals surface area (Å²) in [6, 6.07) is 3.00. The van der Waals surface area contributed by atoms with Gasteiger partial charge in [0.15, 0.2) is 21.3 Å². The Balaban J connectivity index is 2.14. The van der Waals surface area contributed by atoms with E-state index in [0.717, 1.165) is 0 Å². The number of sulfone groups is 1. The van der Waals surface area contributed by atoms with Gasteiger partial charge in [0, 0.05) is 5.56 Å². The molecule has 1 atom stereocenters. The second kappa shape index (κ2) is 9.63. The highest BCUT2D eigenvalue weighted by atomic mass is 32.2. The molecule has 1 heterocycles. The lowest BCUT2D eigenvalue weighted by molar-refractivity contribution is -0.125. The molecule has 0 unspecified atom stereocenters. The van der Waals surface area contributed by atoms with Crippen molar-refractivity contribution in [2.75, 3.05) is 31.3 Å². The van der Waals surface area contributed by atoms with Crippen LogP contribution in [0.15, 0.2) is 12.1 Å². The SMILES string of the molecule is CCOc1cc(C(=O)NNC(=O)[C@H]2CCS(=O)(=O)C2)cc(OCC)c1OCC. The van der Waals surface area contributed by atoms with Crippen LogP contribution in [0, 0.1) is 5.92 Å². The molecular weight excluding hydrogens is 388 g/mol. The Morgan fingerprint density at radius 2 is 1.57 bits per heavy atom. The molecule has 1 aromatic rings. The Morgan fingerprint density at radius 1 is 1.00 bits per heavy atom. The van der Waals surface area contributed by atoms with Crippen molar-refractivity contribution >= 4 is 21.7 Å². The van der Waals surface area contributed by atoms with E-state index in [2.05, 4.69) is 10.9 Å². The third-order valence-corrected chi connectivity index (χ3v) is 5.84. The van der Waals surface area contributed by atoms with Crippen LogP contribution in [-0.4, -0.2) is 51.6 Å². The molecule has 1 aliphatic rings. The first kappa shape index (κ1) is 21.8. The summed E-state index contributed by atoms with van der Waals surface area (Å²) < 4.78 is 39.7. The molecule has 9 nitrogen and oxygen atoms in total. The molecule has 28 heavy (non-hydrogen) atoms. The number of amides is 2. The normalized spacial score (nSPS) is 17.6. The van der Waals surface area contributed by atoms with Gasteiger partial charge in [0.2, 0.25) is 11.7 Å². The van der Waals surface area contributed by atoms with E-state index in [0.29, 0.717) is 37.1 Å². The highest BCUT2D eigenvalue weighted by Gasteiger charge is 2.33. The summed E-state index contributed by atoms with van der Waals surface area (Å²) in [7, 11) is -3.19. The standard InChI is InChI=1S/C18H26N2O7S/c1-4-25-14-9-13(10-15(26-5-2)16(14)27-6-3)18(22)20-19-17(21)12-7-8-28(23,24)11-12/h9-10,12H,4-8,11H2,1-3H3,(H,19,21)(H,20,22)/t12-/m0/s1. The van der Waals surface area contributed by atoms with E-state index in [1.165, 1.54) is 12.1 Å². The molecule has 1 aliphatic heterocycles. The summed E-state index contributed by atoms with van der Waals surface area (Å²) in [5, 5.41) is 0.